The maximum absolute atomic E-state index is 12.3. The number of carbonyl (C=O) groups is 1. The van der Waals surface area contributed by atoms with Gasteiger partial charge in [-0.1, -0.05) is 26.8 Å². The number of nitrogens with zero attached hydrogens (tertiary/aromatic N) is 1. The van der Waals surface area contributed by atoms with Crippen LogP contribution in [0, 0.1) is 30.6 Å². The second-order valence-electron chi connectivity index (χ2n) is 6.73. The first kappa shape index (κ1) is 16.7. The van der Waals surface area contributed by atoms with Gasteiger partial charge in [-0.05, 0) is 43.2 Å². The Morgan fingerprint density at radius 2 is 1.87 bits per heavy atom. The first-order chi connectivity index (χ1) is 10.6. The summed E-state index contributed by atoms with van der Waals surface area (Å²) in [6, 6.07) is 7.34. The monoisotopic (exact) mass is 309 g/mol. The molecule has 0 aliphatic rings. The molecule has 1 aromatic heterocycles. The van der Waals surface area contributed by atoms with Gasteiger partial charge in [-0.15, -0.1) is 0 Å². The zero-order valence-corrected chi connectivity index (χ0v) is 14.0. The van der Waals surface area contributed by atoms with Crippen LogP contribution >= 0.6 is 0 Å². The lowest BCUT2D eigenvalue weighted by atomic mass is 9.86. The second kappa shape index (κ2) is 5.85. The van der Waals surface area contributed by atoms with E-state index in [2.05, 4.69) is 0 Å². The number of ketones is 1. The number of fused-ring (bicyclic) bond motifs is 1. The van der Waals surface area contributed by atoms with Gasteiger partial charge < -0.3 is 4.42 Å². The third kappa shape index (κ3) is 3.40. The Bertz CT molecular complexity index is 918. The Hall–Kier alpha value is -2.67. The molecule has 2 rings (SSSR count). The Morgan fingerprint density at radius 1 is 1.22 bits per heavy atom. The molecule has 118 valence electrons. The van der Waals surface area contributed by atoms with Gasteiger partial charge in [0, 0.05) is 10.8 Å². The minimum atomic E-state index is -0.689. The van der Waals surface area contributed by atoms with E-state index < -0.39 is 11.0 Å². The predicted molar refractivity (Wildman–Crippen MR) is 90.0 cm³/mol. The van der Waals surface area contributed by atoms with Crippen LogP contribution in [0.2, 0.25) is 0 Å². The van der Waals surface area contributed by atoms with Gasteiger partial charge in [0.1, 0.15) is 11.7 Å². The van der Waals surface area contributed by atoms with E-state index in [1.807, 2.05) is 26.0 Å². The summed E-state index contributed by atoms with van der Waals surface area (Å²) >= 11 is 0. The lowest BCUT2D eigenvalue weighted by Gasteiger charge is -2.15. The van der Waals surface area contributed by atoms with Crippen LogP contribution in [0.1, 0.15) is 37.5 Å². The molecule has 0 radical (unpaired) electrons. The zero-order valence-electron chi connectivity index (χ0n) is 14.0. The van der Waals surface area contributed by atoms with E-state index in [0.717, 1.165) is 16.5 Å². The lowest BCUT2D eigenvalue weighted by molar-refractivity contribution is -0.121. The highest BCUT2D eigenvalue weighted by molar-refractivity contribution is 6.06. The summed E-state index contributed by atoms with van der Waals surface area (Å²) < 4.78 is 5.34. The van der Waals surface area contributed by atoms with Gasteiger partial charge in [0.25, 0.3) is 0 Å². The molecule has 0 saturated heterocycles. The van der Waals surface area contributed by atoms with Crippen molar-refractivity contribution in [3.63, 3.8) is 0 Å². The molecule has 4 heteroatoms. The number of allylic oxidation sites excluding steroid dienone is 1. The number of hydrogen-bond donors (Lipinski definition) is 0. The summed E-state index contributed by atoms with van der Waals surface area (Å²) in [5, 5.41) is 10.0. The highest BCUT2D eigenvalue weighted by atomic mass is 16.4. The van der Waals surface area contributed by atoms with Crippen LogP contribution in [-0.2, 0) is 4.79 Å². The fourth-order valence-corrected chi connectivity index (χ4v) is 2.39. The summed E-state index contributed by atoms with van der Waals surface area (Å²) in [5.41, 5.74) is 1.39. The fraction of sp³-hybridized carbons (Fsp3) is 0.316. The van der Waals surface area contributed by atoms with Crippen molar-refractivity contribution in [3.8, 4) is 6.07 Å². The predicted octanol–water partition coefficient (Wildman–Crippen LogP) is 3.93. The lowest BCUT2D eigenvalue weighted by Crippen LogP contribution is -2.21. The van der Waals surface area contributed by atoms with E-state index in [1.54, 1.807) is 32.9 Å². The van der Waals surface area contributed by atoms with E-state index in [4.69, 9.17) is 4.42 Å². The average Bonchev–Trinajstić information content (AvgIpc) is 2.43. The maximum atomic E-state index is 12.3. The number of aryl methyl sites for hydroxylation is 2. The molecule has 0 unspecified atom stereocenters. The summed E-state index contributed by atoms with van der Waals surface area (Å²) in [4.78, 5) is 24.4. The smallest absolute Gasteiger partial charge is 0.343 e. The zero-order chi connectivity index (χ0) is 17.4. The second-order valence-corrected chi connectivity index (χ2v) is 6.73. The summed E-state index contributed by atoms with van der Waals surface area (Å²) in [7, 11) is 0. The number of benzene rings is 1. The van der Waals surface area contributed by atoms with Gasteiger partial charge in [-0.3, -0.25) is 4.79 Å². The van der Waals surface area contributed by atoms with Gasteiger partial charge in [0.15, 0.2) is 5.78 Å². The van der Waals surface area contributed by atoms with E-state index in [9.17, 15) is 14.9 Å². The quantitative estimate of drug-likeness (QED) is 0.478. The summed E-state index contributed by atoms with van der Waals surface area (Å²) in [5.74, 6) is -0.305. The van der Waals surface area contributed by atoms with Crippen LogP contribution in [0.5, 0.6) is 0 Å². The first-order valence-electron chi connectivity index (χ1n) is 7.35. The SMILES string of the molecule is Cc1cc(C)c2cc(/C=C(\C#N)C(=O)C(C)(C)C)c(=O)oc2c1. The molecule has 0 atom stereocenters. The minimum absolute atomic E-state index is 0.0473. The molecule has 0 aliphatic heterocycles. The van der Waals surface area contributed by atoms with Crippen LogP contribution in [0.25, 0.3) is 17.0 Å². The molecule has 0 bridgehead atoms. The van der Waals surface area contributed by atoms with E-state index in [0.29, 0.717) is 5.58 Å². The van der Waals surface area contributed by atoms with Crippen LogP contribution in [0.15, 0.2) is 33.0 Å². The molecule has 0 aliphatic carbocycles. The Labute approximate surface area is 135 Å². The van der Waals surface area contributed by atoms with Crippen molar-refractivity contribution in [2.24, 2.45) is 5.41 Å². The van der Waals surface area contributed by atoms with Crippen molar-refractivity contribution in [1.29, 1.82) is 5.26 Å². The van der Waals surface area contributed by atoms with E-state index >= 15 is 0 Å². The molecule has 0 N–H and O–H groups in total. The van der Waals surface area contributed by atoms with Gasteiger partial charge in [-0.25, -0.2) is 4.79 Å². The number of Topliss-reactive ketones (excluding diaryl/α,β-unsaturated/α-hetero) is 1. The standard InChI is InChI=1S/C19H19NO3/c1-11-6-12(2)15-9-13(18(22)23-16(15)7-11)8-14(10-20)17(21)19(3,4)5/h6-9H,1-5H3/b14-8+. The molecule has 1 heterocycles. The summed E-state index contributed by atoms with van der Waals surface area (Å²) in [6.45, 7) is 9.05. The Kier molecular flexibility index (Phi) is 4.24. The third-order valence-electron chi connectivity index (χ3n) is 3.58. The average molecular weight is 309 g/mol. The fourth-order valence-electron chi connectivity index (χ4n) is 2.39. The van der Waals surface area contributed by atoms with Gasteiger partial charge in [0.05, 0.1) is 11.1 Å². The van der Waals surface area contributed by atoms with Crippen LogP contribution in [0.3, 0.4) is 0 Å². The third-order valence-corrected chi connectivity index (χ3v) is 3.58. The van der Waals surface area contributed by atoms with E-state index in [1.165, 1.54) is 6.08 Å². The molecule has 2 aromatic rings. The molecule has 0 fully saturated rings. The van der Waals surface area contributed by atoms with Crippen LogP contribution in [-0.4, -0.2) is 5.78 Å². The molecule has 1 aromatic carbocycles. The molecule has 4 nitrogen and oxygen atoms in total. The van der Waals surface area contributed by atoms with Crippen molar-refractivity contribution in [2.75, 3.05) is 0 Å². The largest absolute Gasteiger partial charge is 0.422 e. The highest BCUT2D eigenvalue weighted by Gasteiger charge is 2.25. The normalized spacial score (nSPS) is 12.3. The molecule has 0 saturated carbocycles. The number of hydrogen-bond acceptors (Lipinski definition) is 4. The van der Waals surface area contributed by atoms with Gasteiger partial charge >= 0.3 is 5.63 Å². The number of carbonyl (C=O) groups excluding carboxylic acids is 1. The van der Waals surface area contributed by atoms with Gasteiger partial charge in [-0.2, -0.15) is 5.26 Å². The maximum Gasteiger partial charge on any atom is 0.343 e. The minimum Gasteiger partial charge on any atom is -0.422 e. The van der Waals surface area contributed by atoms with Crippen molar-refractivity contribution < 1.29 is 9.21 Å². The van der Waals surface area contributed by atoms with Crippen molar-refractivity contribution in [2.45, 2.75) is 34.6 Å². The van der Waals surface area contributed by atoms with Gasteiger partial charge in [0.2, 0.25) is 0 Å². The number of nitriles is 1. The van der Waals surface area contributed by atoms with E-state index in [-0.39, 0.29) is 16.9 Å². The van der Waals surface area contributed by atoms with Crippen molar-refractivity contribution >= 4 is 22.8 Å². The summed E-state index contributed by atoms with van der Waals surface area (Å²) in [6.07, 6.45) is 1.32. The molecular formula is C19H19NO3. The van der Waals surface area contributed by atoms with Crippen molar-refractivity contribution in [1.82, 2.24) is 0 Å². The first-order valence-corrected chi connectivity index (χ1v) is 7.35. The Balaban J connectivity index is 2.67. The highest BCUT2D eigenvalue weighted by Crippen LogP contribution is 2.23. The Morgan fingerprint density at radius 3 is 2.43 bits per heavy atom. The molecule has 0 amide bonds. The van der Waals surface area contributed by atoms with Crippen molar-refractivity contribution in [3.05, 3.63) is 50.9 Å². The topological polar surface area (TPSA) is 71.1 Å². The van der Waals surface area contributed by atoms with Crippen LogP contribution < -0.4 is 5.63 Å². The molecular weight excluding hydrogens is 290 g/mol. The number of rotatable bonds is 2. The van der Waals surface area contributed by atoms with Crippen LogP contribution in [0.4, 0.5) is 0 Å². The molecule has 23 heavy (non-hydrogen) atoms. The molecule has 0 spiro atoms.